The maximum Gasteiger partial charge on any atom is 0.145 e. The number of imidazole rings is 1. The third-order valence-electron chi connectivity index (χ3n) is 10.1. The number of hydrogen-bond donors (Lipinski definition) is 0. The van der Waals surface area contributed by atoms with Crippen LogP contribution in [0.3, 0.4) is 0 Å². The Morgan fingerprint density at radius 1 is 0.630 bits per heavy atom. The van der Waals surface area contributed by atoms with Gasteiger partial charge in [-0.3, -0.25) is 4.57 Å². The van der Waals surface area contributed by atoms with E-state index in [0.29, 0.717) is 17.8 Å². The van der Waals surface area contributed by atoms with Crippen LogP contribution in [0.25, 0.3) is 59.4 Å². The topological polar surface area (TPSA) is 17.8 Å². The van der Waals surface area contributed by atoms with Crippen LogP contribution in [0.1, 0.15) is 94.2 Å². The maximum atomic E-state index is 5.37. The fourth-order valence-electron chi connectivity index (χ4n) is 7.69. The Hall–Kier alpha value is -4.21. The summed E-state index contributed by atoms with van der Waals surface area (Å²) in [5.41, 5.74) is 11.4. The van der Waals surface area contributed by atoms with E-state index in [-0.39, 0.29) is 0 Å². The first-order chi connectivity index (χ1) is 22.5. The van der Waals surface area contributed by atoms with Gasteiger partial charge in [-0.15, -0.1) is 11.3 Å². The Balaban J connectivity index is 1.37. The lowest BCUT2D eigenvalue weighted by atomic mass is 9.84. The van der Waals surface area contributed by atoms with E-state index in [1.54, 1.807) is 0 Å². The van der Waals surface area contributed by atoms with Crippen molar-refractivity contribution in [2.75, 3.05) is 0 Å². The average Bonchev–Trinajstić information content (AvgIpc) is 3.66. The Morgan fingerprint density at radius 2 is 1.28 bits per heavy atom. The molecule has 0 radical (unpaired) electrons. The molecule has 1 saturated carbocycles. The standard InChI is InChI=1S/C43H42N2S/c1-27(2)34-25-33(30-15-9-6-10-16-30)26-35(28(3)4)42(34)45-39-18-12-11-17-38(39)44-43(45)32-20-22-41-37(24-32)36-23-31(19-21-40(36)46-41)29-13-7-5-8-14-29/h6,9-12,15-29H,5,7-8,13-14H2,1-4H3. The molecule has 2 heterocycles. The molecule has 0 amide bonds. The number of benzene rings is 5. The molecule has 46 heavy (non-hydrogen) atoms. The van der Waals surface area contributed by atoms with Gasteiger partial charge in [0.2, 0.25) is 0 Å². The molecule has 230 valence electrons. The molecular formula is C43H42N2S. The highest BCUT2D eigenvalue weighted by atomic mass is 32.1. The van der Waals surface area contributed by atoms with Gasteiger partial charge in [0.1, 0.15) is 5.82 Å². The molecule has 0 atom stereocenters. The molecule has 0 aliphatic heterocycles. The smallest absolute Gasteiger partial charge is 0.145 e. The zero-order valence-electron chi connectivity index (χ0n) is 27.4. The molecule has 0 spiro atoms. The minimum atomic E-state index is 0.340. The number of fused-ring (bicyclic) bond motifs is 4. The van der Waals surface area contributed by atoms with Crippen molar-refractivity contribution in [3.63, 3.8) is 0 Å². The maximum absolute atomic E-state index is 5.37. The van der Waals surface area contributed by atoms with Crippen LogP contribution in [0, 0.1) is 0 Å². The molecule has 0 saturated heterocycles. The van der Waals surface area contributed by atoms with Crippen LogP contribution in [0.4, 0.5) is 0 Å². The number of nitrogens with zero attached hydrogens (tertiary/aromatic N) is 2. The molecule has 1 fully saturated rings. The van der Waals surface area contributed by atoms with Crippen molar-refractivity contribution >= 4 is 42.5 Å². The first-order valence-corrected chi connectivity index (χ1v) is 18.0. The fourth-order valence-corrected chi connectivity index (χ4v) is 8.75. The number of thiophene rings is 1. The second-order valence-electron chi connectivity index (χ2n) is 13.8. The number of hydrogen-bond acceptors (Lipinski definition) is 2. The first kappa shape index (κ1) is 29.2. The van der Waals surface area contributed by atoms with E-state index in [1.807, 2.05) is 11.3 Å². The fraction of sp³-hybridized carbons (Fsp3) is 0.279. The van der Waals surface area contributed by atoms with Crippen molar-refractivity contribution in [1.29, 1.82) is 0 Å². The summed E-state index contributed by atoms with van der Waals surface area (Å²) >= 11 is 1.91. The minimum Gasteiger partial charge on any atom is -0.292 e. The Labute approximate surface area is 276 Å². The summed E-state index contributed by atoms with van der Waals surface area (Å²) in [4.78, 5) is 5.37. The van der Waals surface area contributed by atoms with Gasteiger partial charge in [-0.05, 0) is 113 Å². The van der Waals surface area contributed by atoms with Gasteiger partial charge in [0, 0.05) is 25.7 Å². The molecule has 0 N–H and O–H groups in total. The van der Waals surface area contributed by atoms with Gasteiger partial charge in [0.15, 0.2) is 0 Å². The predicted octanol–water partition coefficient (Wildman–Crippen LogP) is 13.0. The molecule has 5 aromatic carbocycles. The lowest BCUT2D eigenvalue weighted by Gasteiger charge is -2.24. The van der Waals surface area contributed by atoms with Crippen LogP contribution in [0.5, 0.6) is 0 Å². The molecule has 0 bridgehead atoms. The van der Waals surface area contributed by atoms with Crippen molar-refractivity contribution in [2.24, 2.45) is 0 Å². The molecule has 1 aliphatic rings. The largest absolute Gasteiger partial charge is 0.292 e. The average molecular weight is 619 g/mol. The quantitative estimate of drug-likeness (QED) is 0.181. The first-order valence-electron chi connectivity index (χ1n) is 17.1. The van der Waals surface area contributed by atoms with Gasteiger partial charge in [-0.25, -0.2) is 4.98 Å². The lowest BCUT2D eigenvalue weighted by molar-refractivity contribution is 0.444. The van der Waals surface area contributed by atoms with E-state index in [9.17, 15) is 0 Å². The molecule has 7 aromatic rings. The Morgan fingerprint density at radius 3 is 2.00 bits per heavy atom. The van der Waals surface area contributed by atoms with E-state index < -0.39 is 0 Å². The van der Waals surface area contributed by atoms with Gasteiger partial charge < -0.3 is 0 Å². The molecule has 2 nitrogen and oxygen atoms in total. The zero-order chi connectivity index (χ0) is 31.4. The van der Waals surface area contributed by atoms with Crippen molar-refractivity contribution in [1.82, 2.24) is 9.55 Å². The number of rotatable bonds is 6. The molecule has 3 heteroatoms. The number of aromatic nitrogens is 2. The van der Waals surface area contributed by atoms with Gasteiger partial charge in [0.05, 0.1) is 16.7 Å². The summed E-state index contributed by atoms with van der Waals surface area (Å²) in [5.74, 6) is 2.39. The second-order valence-corrected chi connectivity index (χ2v) is 14.9. The normalized spacial score (nSPS) is 14.4. The van der Waals surface area contributed by atoms with Crippen LogP contribution in [0.2, 0.25) is 0 Å². The summed E-state index contributed by atoms with van der Waals surface area (Å²) in [7, 11) is 0. The number of para-hydroxylation sites is 2. The summed E-state index contributed by atoms with van der Waals surface area (Å²) < 4.78 is 5.19. The third-order valence-corrected chi connectivity index (χ3v) is 11.3. The lowest BCUT2D eigenvalue weighted by Crippen LogP contribution is -2.09. The SMILES string of the molecule is CC(C)c1cc(-c2ccccc2)cc(C(C)C)c1-n1c(-c2ccc3sc4ccc(C5CCCCC5)cc4c3c2)nc2ccccc21. The van der Waals surface area contributed by atoms with Crippen LogP contribution in [-0.2, 0) is 0 Å². The summed E-state index contributed by atoms with van der Waals surface area (Å²) in [6.07, 6.45) is 6.74. The molecule has 0 unspecified atom stereocenters. The van der Waals surface area contributed by atoms with Gasteiger partial charge in [-0.2, -0.15) is 0 Å². The second kappa shape index (κ2) is 11.9. The minimum absolute atomic E-state index is 0.340. The Kier molecular flexibility index (Phi) is 7.53. The van der Waals surface area contributed by atoms with Crippen LogP contribution >= 0.6 is 11.3 Å². The molecular weight excluding hydrogens is 577 g/mol. The van der Waals surface area contributed by atoms with Crippen molar-refractivity contribution < 1.29 is 0 Å². The third kappa shape index (κ3) is 5.06. The zero-order valence-corrected chi connectivity index (χ0v) is 28.2. The highest BCUT2D eigenvalue weighted by Crippen LogP contribution is 2.43. The van der Waals surface area contributed by atoms with Crippen LogP contribution in [0.15, 0.2) is 103 Å². The highest BCUT2D eigenvalue weighted by molar-refractivity contribution is 7.25. The van der Waals surface area contributed by atoms with E-state index in [1.165, 1.54) is 91.3 Å². The monoisotopic (exact) mass is 618 g/mol. The molecule has 2 aromatic heterocycles. The van der Waals surface area contributed by atoms with Crippen molar-refractivity contribution in [3.8, 4) is 28.2 Å². The van der Waals surface area contributed by atoms with Crippen molar-refractivity contribution in [3.05, 3.63) is 120 Å². The highest BCUT2D eigenvalue weighted by Gasteiger charge is 2.24. The van der Waals surface area contributed by atoms with E-state index in [4.69, 9.17) is 4.98 Å². The summed E-state index contributed by atoms with van der Waals surface area (Å²) in [5, 5.41) is 2.74. The van der Waals surface area contributed by atoms with Gasteiger partial charge in [-0.1, -0.05) is 95.5 Å². The van der Waals surface area contributed by atoms with E-state index >= 15 is 0 Å². The molecule has 8 rings (SSSR count). The van der Waals surface area contributed by atoms with E-state index in [2.05, 4.69) is 135 Å². The van der Waals surface area contributed by atoms with Crippen LogP contribution < -0.4 is 0 Å². The van der Waals surface area contributed by atoms with Gasteiger partial charge in [0.25, 0.3) is 0 Å². The van der Waals surface area contributed by atoms with Gasteiger partial charge >= 0.3 is 0 Å². The summed E-state index contributed by atoms with van der Waals surface area (Å²) in [6.45, 7) is 9.29. The summed E-state index contributed by atoms with van der Waals surface area (Å²) in [6, 6.07) is 38.6. The van der Waals surface area contributed by atoms with E-state index in [0.717, 1.165) is 16.9 Å². The predicted molar refractivity (Wildman–Crippen MR) is 199 cm³/mol. The van der Waals surface area contributed by atoms with Crippen LogP contribution in [-0.4, -0.2) is 9.55 Å². The Bertz CT molecular complexity index is 2160. The van der Waals surface area contributed by atoms with Crippen molar-refractivity contribution in [2.45, 2.75) is 77.6 Å². The molecule has 1 aliphatic carbocycles.